The lowest BCUT2D eigenvalue weighted by atomic mass is 10.2. The van der Waals surface area contributed by atoms with Crippen LogP contribution in [0.3, 0.4) is 0 Å². The average Bonchev–Trinajstić information content (AvgIpc) is 2.49. The zero-order valence-electron chi connectivity index (χ0n) is 12.1. The van der Waals surface area contributed by atoms with Crippen LogP contribution < -0.4 is 10.6 Å². The highest BCUT2D eigenvalue weighted by atomic mass is 127. The molecule has 0 aliphatic heterocycles. The molecule has 0 heterocycles. The second kappa shape index (κ2) is 9.34. The molecule has 2 aromatic carbocycles. The number of hydrogen-bond acceptors (Lipinski definition) is 1. The Morgan fingerprint density at radius 2 is 1.55 bits per heavy atom. The van der Waals surface area contributed by atoms with E-state index in [1.807, 2.05) is 6.07 Å². The standard InChI is InChI=1S/C16H17F2N3.HI/c1-19-16(20-10-12-5-7-14(17)8-6-12)21-11-13-3-2-4-15(18)9-13;/h2-9H,10-11H2,1H3,(H2,19,20,21);1H. The summed E-state index contributed by atoms with van der Waals surface area (Å²) in [6.45, 7) is 1.00. The third-order valence-electron chi connectivity index (χ3n) is 2.95. The molecule has 0 aliphatic rings. The van der Waals surface area contributed by atoms with Crippen molar-refractivity contribution in [2.24, 2.45) is 4.99 Å². The number of halogens is 3. The van der Waals surface area contributed by atoms with Crippen LogP contribution in [0, 0.1) is 11.6 Å². The van der Waals surface area contributed by atoms with Crippen LogP contribution in [0.5, 0.6) is 0 Å². The van der Waals surface area contributed by atoms with Crippen molar-refractivity contribution in [2.45, 2.75) is 13.1 Å². The predicted octanol–water partition coefficient (Wildman–Crippen LogP) is 3.45. The van der Waals surface area contributed by atoms with Gasteiger partial charge >= 0.3 is 0 Å². The van der Waals surface area contributed by atoms with E-state index in [1.54, 1.807) is 25.2 Å². The van der Waals surface area contributed by atoms with Gasteiger partial charge in [0, 0.05) is 20.1 Å². The van der Waals surface area contributed by atoms with Crippen LogP contribution in [0.2, 0.25) is 0 Å². The van der Waals surface area contributed by atoms with Gasteiger partial charge in [-0.2, -0.15) is 0 Å². The summed E-state index contributed by atoms with van der Waals surface area (Å²) in [4.78, 5) is 4.08. The van der Waals surface area contributed by atoms with E-state index >= 15 is 0 Å². The Hall–Kier alpha value is -1.70. The minimum Gasteiger partial charge on any atom is -0.352 e. The van der Waals surface area contributed by atoms with E-state index in [4.69, 9.17) is 0 Å². The van der Waals surface area contributed by atoms with Crippen molar-refractivity contribution in [3.63, 3.8) is 0 Å². The number of benzene rings is 2. The topological polar surface area (TPSA) is 36.4 Å². The second-order valence-corrected chi connectivity index (χ2v) is 4.54. The first kappa shape index (κ1) is 18.3. The fourth-order valence-electron chi connectivity index (χ4n) is 1.84. The molecule has 2 aromatic rings. The quantitative estimate of drug-likeness (QED) is 0.455. The number of guanidine groups is 1. The lowest BCUT2D eigenvalue weighted by molar-refractivity contribution is 0.624. The van der Waals surface area contributed by atoms with E-state index in [0.717, 1.165) is 11.1 Å². The molecule has 0 radical (unpaired) electrons. The van der Waals surface area contributed by atoms with Crippen molar-refractivity contribution in [3.8, 4) is 0 Å². The molecule has 0 spiro atoms. The second-order valence-electron chi connectivity index (χ2n) is 4.54. The van der Waals surface area contributed by atoms with Crippen molar-refractivity contribution in [3.05, 3.63) is 71.3 Å². The molecule has 0 amide bonds. The maximum atomic E-state index is 13.1. The summed E-state index contributed by atoms with van der Waals surface area (Å²) >= 11 is 0. The van der Waals surface area contributed by atoms with Crippen molar-refractivity contribution < 1.29 is 8.78 Å². The van der Waals surface area contributed by atoms with Gasteiger partial charge in [-0.25, -0.2) is 8.78 Å². The molecule has 6 heteroatoms. The monoisotopic (exact) mass is 417 g/mol. The van der Waals surface area contributed by atoms with Gasteiger partial charge in [-0.3, -0.25) is 4.99 Å². The van der Waals surface area contributed by atoms with E-state index < -0.39 is 0 Å². The molecule has 0 atom stereocenters. The fraction of sp³-hybridized carbons (Fsp3) is 0.188. The summed E-state index contributed by atoms with van der Waals surface area (Å²) in [5.41, 5.74) is 1.78. The summed E-state index contributed by atoms with van der Waals surface area (Å²) in [6.07, 6.45) is 0. The number of hydrogen-bond donors (Lipinski definition) is 2. The largest absolute Gasteiger partial charge is 0.352 e. The number of aliphatic imine (C=N–C) groups is 1. The zero-order chi connectivity index (χ0) is 15.1. The van der Waals surface area contributed by atoms with Gasteiger partial charge in [-0.05, 0) is 35.4 Å². The van der Waals surface area contributed by atoms with Crippen LogP contribution in [-0.2, 0) is 13.1 Å². The van der Waals surface area contributed by atoms with Crippen LogP contribution in [0.15, 0.2) is 53.5 Å². The first-order chi connectivity index (χ1) is 10.2. The molecule has 118 valence electrons. The minimum atomic E-state index is -0.261. The average molecular weight is 417 g/mol. The SMILES string of the molecule is CN=C(NCc1ccc(F)cc1)NCc1cccc(F)c1.I. The highest BCUT2D eigenvalue weighted by molar-refractivity contribution is 14.0. The normalized spacial score (nSPS) is 10.8. The Labute approximate surface area is 145 Å². The van der Waals surface area contributed by atoms with Gasteiger partial charge in [0.15, 0.2) is 5.96 Å². The molecule has 0 bridgehead atoms. The highest BCUT2D eigenvalue weighted by Crippen LogP contribution is 2.03. The summed E-state index contributed by atoms with van der Waals surface area (Å²) in [7, 11) is 1.66. The lowest BCUT2D eigenvalue weighted by Crippen LogP contribution is -2.36. The predicted molar refractivity (Wildman–Crippen MR) is 95.3 cm³/mol. The first-order valence-electron chi connectivity index (χ1n) is 6.61. The smallest absolute Gasteiger partial charge is 0.191 e. The van der Waals surface area contributed by atoms with Crippen LogP contribution in [0.1, 0.15) is 11.1 Å². The molecule has 3 nitrogen and oxygen atoms in total. The lowest BCUT2D eigenvalue weighted by Gasteiger charge is -2.12. The molecular weight excluding hydrogens is 399 g/mol. The third kappa shape index (κ3) is 5.97. The Morgan fingerprint density at radius 3 is 2.14 bits per heavy atom. The molecule has 22 heavy (non-hydrogen) atoms. The van der Waals surface area contributed by atoms with Crippen LogP contribution in [0.25, 0.3) is 0 Å². The number of nitrogens with zero attached hydrogens (tertiary/aromatic N) is 1. The maximum absolute atomic E-state index is 13.1. The van der Waals surface area contributed by atoms with Crippen molar-refractivity contribution >= 4 is 29.9 Å². The Morgan fingerprint density at radius 1 is 0.909 bits per heavy atom. The van der Waals surface area contributed by atoms with Crippen molar-refractivity contribution in [1.82, 2.24) is 10.6 Å². The van der Waals surface area contributed by atoms with Gasteiger partial charge in [-0.1, -0.05) is 24.3 Å². The van der Waals surface area contributed by atoms with E-state index in [1.165, 1.54) is 24.3 Å². The minimum absolute atomic E-state index is 0. The van der Waals surface area contributed by atoms with Gasteiger partial charge < -0.3 is 10.6 Å². The molecule has 0 aromatic heterocycles. The molecule has 0 unspecified atom stereocenters. The maximum Gasteiger partial charge on any atom is 0.191 e. The van der Waals surface area contributed by atoms with Crippen LogP contribution in [0.4, 0.5) is 8.78 Å². The summed E-state index contributed by atoms with van der Waals surface area (Å²) in [6, 6.07) is 12.6. The molecule has 0 aliphatic carbocycles. The van der Waals surface area contributed by atoms with E-state index in [9.17, 15) is 8.78 Å². The summed E-state index contributed by atoms with van der Waals surface area (Å²) in [5.74, 6) is 0.0829. The fourth-order valence-corrected chi connectivity index (χ4v) is 1.84. The third-order valence-corrected chi connectivity index (χ3v) is 2.95. The molecule has 0 fully saturated rings. The van der Waals surface area contributed by atoms with Crippen LogP contribution in [-0.4, -0.2) is 13.0 Å². The summed E-state index contributed by atoms with van der Waals surface area (Å²) < 4.78 is 25.9. The van der Waals surface area contributed by atoms with E-state index in [-0.39, 0.29) is 35.6 Å². The summed E-state index contributed by atoms with van der Waals surface area (Å²) in [5, 5.41) is 6.21. The van der Waals surface area contributed by atoms with Gasteiger partial charge in [0.2, 0.25) is 0 Å². The number of nitrogens with one attached hydrogen (secondary N) is 2. The number of rotatable bonds is 4. The van der Waals surface area contributed by atoms with Gasteiger partial charge in [0.05, 0.1) is 0 Å². The van der Waals surface area contributed by atoms with Gasteiger partial charge in [-0.15, -0.1) is 24.0 Å². The molecule has 0 saturated heterocycles. The Bertz CT molecular complexity index is 615. The van der Waals surface area contributed by atoms with Crippen LogP contribution >= 0.6 is 24.0 Å². The molecular formula is C16H18F2IN3. The Balaban J connectivity index is 0.00000242. The Kier molecular flexibility index (Phi) is 7.79. The first-order valence-corrected chi connectivity index (χ1v) is 6.61. The van der Waals surface area contributed by atoms with Crippen molar-refractivity contribution in [2.75, 3.05) is 7.05 Å². The van der Waals surface area contributed by atoms with E-state index in [0.29, 0.717) is 19.0 Å². The molecule has 2 N–H and O–H groups in total. The zero-order valence-corrected chi connectivity index (χ0v) is 14.5. The molecule has 0 saturated carbocycles. The van der Waals surface area contributed by atoms with Gasteiger partial charge in [0.1, 0.15) is 11.6 Å². The highest BCUT2D eigenvalue weighted by Gasteiger charge is 2.00. The molecule has 2 rings (SSSR count). The van der Waals surface area contributed by atoms with Crippen molar-refractivity contribution in [1.29, 1.82) is 0 Å². The van der Waals surface area contributed by atoms with E-state index in [2.05, 4.69) is 15.6 Å². The van der Waals surface area contributed by atoms with Gasteiger partial charge in [0.25, 0.3) is 0 Å².